The van der Waals surface area contributed by atoms with Crippen LogP contribution in [-0.4, -0.2) is 72.4 Å². The number of imide groups is 1. The normalized spacial score (nSPS) is 18.9. The Morgan fingerprint density at radius 1 is 0.953 bits per heavy atom. The smallest absolute Gasteiger partial charge is 0.410 e. The van der Waals surface area contributed by atoms with Gasteiger partial charge in [-0.1, -0.05) is 43.2 Å². The van der Waals surface area contributed by atoms with Gasteiger partial charge in [0.2, 0.25) is 11.8 Å². The van der Waals surface area contributed by atoms with E-state index in [0.717, 1.165) is 81.6 Å². The molecule has 2 aromatic carbocycles. The number of unbranched alkanes of at least 4 members (excludes halogenated alkanes) is 3. The quantitative estimate of drug-likeness (QED) is 0.267. The number of amides is 4. The first-order valence-electron chi connectivity index (χ1n) is 15.5. The summed E-state index contributed by atoms with van der Waals surface area (Å²) in [5.74, 6) is 0.460. The lowest BCUT2D eigenvalue weighted by atomic mass is 9.97. The van der Waals surface area contributed by atoms with Gasteiger partial charge in [0.1, 0.15) is 18.4 Å². The lowest BCUT2D eigenvalue weighted by Crippen LogP contribution is -2.52. The molecule has 2 fully saturated rings. The molecule has 2 aromatic rings. The van der Waals surface area contributed by atoms with Crippen molar-refractivity contribution in [3.8, 4) is 5.75 Å². The van der Waals surface area contributed by atoms with E-state index in [9.17, 15) is 19.2 Å². The number of benzene rings is 2. The maximum absolute atomic E-state index is 12.8. The fourth-order valence-corrected chi connectivity index (χ4v) is 5.97. The zero-order valence-corrected chi connectivity index (χ0v) is 24.7. The minimum Gasteiger partial charge on any atom is -0.494 e. The number of likely N-dealkylation sites (tertiary alicyclic amines) is 1. The van der Waals surface area contributed by atoms with Gasteiger partial charge in [0.15, 0.2) is 0 Å². The van der Waals surface area contributed by atoms with Crippen LogP contribution in [0.5, 0.6) is 5.75 Å². The lowest BCUT2D eigenvalue weighted by Gasteiger charge is -2.31. The molecule has 3 heterocycles. The van der Waals surface area contributed by atoms with Gasteiger partial charge in [-0.05, 0) is 80.4 Å². The Balaban J connectivity index is 0.891. The molecule has 5 rings (SSSR count). The number of nitrogens with zero attached hydrogens (tertiary/aromatic N) is 2. The van der Waals surface area contributed by atoms with Crippen molar-refractivity contribution in [2.24, 2.45) is 5.92 Å². The summed E-state index contributed by atoms with van der Waals surface area (Å²) in [6.45, 7) is 4.75. The van der Waals surface area contributed by atoms with Gasteiger partial charge in [0.25, 0.3) is 5.91 Å². The van der Waals surface area contributed by atoms with Crippen LogP contribution in [0.2, 0.25) is 0 Å². The van der Waals surface area contributed by atoms with Crippen molar-refractivity contribution >= 4 is 23.8 Å². The highest BCUT2D eigenvalue weighted by atomic mass is 16.6. The van der Waals surface area contributed by atoms with E-state index in [4.69, 9.17) is 9.47 Å². The summed E-state index contributed by atoms with van der Waals surface area (Å²) in [6, 6.07) is 14.6. The number of rotatable bonds is 13. The molecule has 230 valence electrons. The molecule has 0 saturated carbocycles. The number of piperidine rings is 2. The topological polar surface area (TPSA) is 117 Å². The Hall–Kier alpha value is -3.92. The summed E-state index contributed by atoms with van der Waals surface area (Å²) in [4.78, 5) is 52.2. The molecule has 1 unspecified atom stereocenters. The Bertz CT molecular complexity index is 1280. The molecule has 3 aliphatic heterocycles. The van der Waals surface area contributed by atoms with Crippen LogP contribution in [0.4, 0.5) is 4.79 Å². The number of hydrogen-bond donors (Lipinski definition) is 2. The summed E-state index contributed by atoms with van der Waals surface area (Å²) in [7, 11) is 0. The van der Waals surface area contributed by atoms with Crippen molar-refractivity contribution in [3.05, 3.63) is 65.2 Å². The average Bonchev–Trinajstić information content (AvgIpc) is 3.34. The van der Waals surface area contributed by atoms with E-state index in [1.54, 1.807) is 11.0 Å². The van der Waals surface area contributed by atoms with E-state index in [2.05, 4.69) is 10.6 Å². The van der Waals surface area contributed by atoms with Gasteiger partial charge in [-0.25, -0.2) is 4.79 Å². The first kappa shape index (κ1) is 30.5. The van der Waals surface area contributed by atoms with Crippen molar-refractivity contribution < 1.29 is 28.7 Å². The Morgan fingerprint density at radius 3 is 2.53 bits per heavy atom. The van der Waals surface area contributed by atoms with Gasteiger partial charge >= 0.3 is 6.09 Å². The molecule has 3 aliphatic rings. The van der Waals surface area contributed by atoms with Gasteiger partial charge in [-0.3, -0.25) is 19.7 Å². The van der Waals surface area contributed by atoms with Crippen LogP contribution in [0.25, 0.3) is 0 Å². The second-order valence-electron chi connectivity index (χ2n) is 11.7. The summed E-state index contributed by atoms with van der Waals surface area (Å²) in [5, 5.41) is 5.91. The van der Waals surface area contributed by atoms with Gasteiger partial charge in [0, 0.05) is 31.6 Å². The Labute approximate surface area is 253 Å². The molecule has 10 heteroatoms. The molecule has 2 saturated heterocycles. The van der Waals surface area contributed by atoms with Gasteiger partial charge in [0.05, 0.1) is 6.61 Å². The van der Waals surface area contributed by atoms with E-state index in [0.29, 0.717) is 37.7 Å². The summed E-state index contributed by atoms with van der Waals surface area (Å²) < 4.78 is 11.4. The van der Waals surface area contributed by atoms with Crippen molar-refractivity contribution in [3.63, 3.8) is 0 Å². The maximum Gasteiger partial charge on any atom is 0.410 e. The van der Waals surface area contributed by atoms with E-state index in [1.165, 1.54) is 0 Å². The van der Waals surface area contributed by atoms with Gasteiger partial charge in [-0.2, -0.15) is 0 Å². The third-order valence-electron chi connectivity index (χ3n) is 8.52. The van der Waals surface area contributed by atoms with Crippen LogP contribution in [0.15, 0.2) is 48.5 Å². The fourth-order valence-electron chi connectivity index (χ4n) is 5.97. The van der Waals surface area contributed by atoms with Crippen LogP contribution in [0.1, 0.15) is 72.9 Å². The summed E-state index contributed by atoms with van der Waals surface area (Å²) in [5.41, 5.74) is 2.45. The zero-order chi connectivity index (χ0) is 30.0. The third kappa shape index (κ3) is 8.34. The molecule has 10 nitrogen and oxygen atoms in total. The molecular formula is C33H42N4O6. The predicted molar refractivity (Wildman–Crippen MR) is 160 cm³/mol. The van der Waals surface area contributed by atoms with Crippen LogP contribution in [0, 0.1) is 5.92 Å². The third-order valence-corrected chi connectivity index (χ3v) is 8.52. The fraction of sp³-hybridized carbons (Fsp3) is 0.515. The highest BCUT2D eigenvalue weighted by molar-refractivity contribution is 6.05. The molecule has 0 aromatic heterocycles. The first-order valence-corrected chi connectivity index (χ1v) is 15.5. The number of ether oxygens (including phenoxy) is 2. The highest BCUT2D eigenvalue weighted by Crippen LogP contribution is 2.30. The number of nitrogens with one attached hydrogen (secondary N) is 2. The van der Waals surface area contributed by atoms with E-state index in [1.807, 2.05) is 47.4 Å². The minimum absolute atomic E-state index is 0.172. The molecule has 2 N–H and O–H groups in total. The van der Waals surface area contributed by atoms with Crippen molar-refractivity contribution in [2.45, 2.75) is 70.6 Å². The molecule has 0 radical (unpaired) electrons. The number of fused-ring (bicyclic) bond motifs is 1. The molecule has 0 spiro atoms. The monoisotopic (exact) mass is 590 g/mol. The predicted octanol–water partition coefficient (Wildman–Crippen LogP) is 4.03. The summed E-state index contributed by atoms with van der Waals surface area (Å²) >= 11 is 0. The minimum atomic E-state index is -0.606. The summed E-state index contributed by atoms with van der Waals surface area (Å²) in [6.07, 6.45) is 6.65. The van der Waals surface area contributed by atoms with Crippen LogP contribution in [0.3, 0.4) is 0 Å². The maximum atomic E-state index is 12.8. The number of carbonyl (C=O) groups excluding carboxylic acids is 4. The Morgan fingerprint density at radius 2 is 1.74 bits per heavy atom. The number of carbonyl (C=O) groups is 4. The van der Waals surface area contributed by atoms with Crippen molar-refractivity contribution in [1.82, 2.24) is 20.4 Å². The van der Waals surface area contributed by atoms with Crippen molar-refractivity contribution in [1.29, 1.82) is 0 Å². The van der Waals surface area contributed by atoms with Gasteiger partial charge < -0.3 is 24.6 Å². The molecule has 43 heavy (non-hydrogen) atoms. The van der Waals surface area contributed by atoms with E-state index in [-0.39, 0.29) is 24.3 Å². The van der Waals surface area contributed by atoms with Crippen LogP contribution < -0.4 is 15.4 Å². The molecule has 0 aliphatic carbocycles. The highest BCUT2D eigenvalue weighted by Gasteiger charge is 2.39. The Kier molecular flexibility index (Phi) is 10.7. The van der Waals surface area contributed by atoms with Crippen LogP contribution >= 0.6 is 0 Å². The lowest BCUT2D eigenvalue weighted by molar-refractivity contribution is -0.136. The molecular weight excluding hydrogens is 548 g/mol. The second-order valence-corrected chi connectivity index (χ2v) is 11.7. The molecule has 0 bridgehead atoms. The molecule has 1 atom stereocenters. The molecule has 4 amide bonds. The standard InChI is InChI=1S/C33H42N4O6/c38-30-13-12-29(31(39)35-30)37-22-26-20-27(10-11-28(26)32(37)40)42-19-7-2-1-6-16-34-21-24-14-17-36(18-15-24)33(41)43-23-25-8-4-3-5-9-25/h3-5,8-11,20,24,29,34H,1-2,6-7,12-19,21-23H2,(H,35,38,39). The van der Waals surface area contributed by atoms with E-state index < -0.39 is 11.9 Å². The van der Waals surface area contributed by atoms with Gasteiger partial charge in [-0.15, -0.1) is 0 Å². The number of hydrogen-bond acceptors (Lipinski definition) is 7. The second kappa shape index (κ2) is 15.0. The zero-order valence-electron chi connectivity index (χ0n) is 24.7. The van der Waals surface area contributed by atoms with E-state index >= 15 is 0 Å². The van der Waals surface area contributed by atoms with Crippen LogP contribution in [-0.2, 0) is 27.5 Å². The first-order chi connectivity index (χ1) is 21.0. The SMILES string of the molecule is O=C1CCC(N2Cc3cc(OCCCCCCNCC4CCN(C(=O)OCc5ccccc5)CC4)ccc3C2=O)C(=O)N1. The average molecular weight is 591 g/mol. The van der Waals surface area contributed by atoms with Crippen molar-refractivity contribution in [2.75, 3.05) is 32.8 Å². The largest absolute Gasteiger partial charge is 0.494 e.